The summed E-state index contributed by atoms with van der Waals surface area (Å²) in [6, 6.07) is 5.64. The van der Waals surface area contributed by atoms with Crippen LogP contribution in [0.4, 0.5) is 5.69 Å². The highest BCUT2D eigenvalue weighted by Crippen LogP contribution is 2.18. The van der Waals surface area contributed by atoms with Gasteiger partial charge in [-0.25, -0.2) is 4.98 Å². The number of pyridine rings is 1. The van der Waals surface area contributed by atoms with Crippen molar-refractivity contribution in [2.75, 3.05) is 31.6 Å². The van der Waals surface area contributed by atoms with Crippen molar-refractivity contribution in [1.29, 1.82) is 5.26 Å². The van der Waals surface area contributed by atoms with E-state index in [9.17, 15) is 4.79 Å². The van der Waals surface area contributed by atoms with E-state index in [1.807, 2.05) is 17.0 Å². The van der Waals surface area contributed by atoms with Crippen molar-refractivity contribution < 1.29 is 4.79 Å². The van der Waals surface area contributed by atoms with Crippen LogP contribution in [0.1, 0.15) is 5.69 Å². The van der Waals surface area contributed by atoms with Crippen molar-refractivity contribution in [2.24, 2.45) is 0 Å². The fraction of sp³-hybridized carbons (Fsp3) is 0.364. The molecule has 0 atom stereocenters. The van der Waals surface area contributed by atoms with Gasteiger partial charge in [0.2, 0.25) is 5.91 Å². The van der Waals surface area contributed by atoms with Crippen molar-refractivity contribution in [3.05, 3.63) is 24.0 Å². The minimum Gasteiger partial charge on any atom is -0.358 e. The molecule has 1 aliphatic heterocycles. The van der Waals surface area contributed by atoms with Gasteiger partial charge in [-0.3, -0.25) is 4.79 Å². The lowest BCUT2D eigenvalue weighted by Gasteiger charge is -2.33. The average molecular weight is 216 g/mol. The van der Waals surface area contributed by atoms with Crippen LogP contribution in [0.2, 0.25) is 0 Å². The number of nitrogens with zero attached hydrogens (tertiary/aromatic N) is 4. The molecule has 0 saturated carbocycles. The molecule has 1 fully saturated rings. The summed E-state index contributed by atoms with van der Waals surface area (Å²) in [6.07, 6.45) is 1.58. The fourth-order valence-electron chi connectivity index (χ4n) is 1.70. The molecule has 0 spiro atoms. The van der Waals surface area contributed by atoms with Gasteiger partial charge in [-0.05, 0) is 12.1 Å². The summed E-state index contributed by atoms with van der Waals surface area (Å²) in [7, 11) is 1.79. The molecule has 0 aromatic carbocycles. The number of carbonyl (C=O) groups excluding carboxylic acids is 1. The smallest absolute Gasteiger partial charge is 0.241 e. The van der Waals surface area contributed by atoms with Crippen LogP contribution in [0.3, 0.4) is 0 Å². The summed E-state index contributed by atoms with van der Waals surface area (Å²) < 4.78 is 0. The van der Waals surface area contributed by atoms with Crippen LogP contribution in [-0.2, 0) is 4.79 Å². The zero-order valence-electron chi connectivity index (χ0n) is 9.05. The minimum absolute atomic E-state index is 0.0685. The second-order valence-corrected chi connectivity index (χ2v) is 3.72. The summed E-state index contributed by atoms with van der Waals surface area (Å²) in [4.78, 5) is 19.1. The van der Waals surface area contributed by atoms with Crippen molar-refractivity contribution in [3.63, 3.8) is 0 Å². The molecular formula is C11H12N4O. The third-order valence-corrected chi connectivity index (χ3v) is 2.69. The van der Waals surface area contributed by atoms with Crippen LogP contribution in [0.15, 0.2) is 18.3 Å². The van der Waals surface area contributed by atoms with Crippen LogP contribution in [0, 0.1) is 11.3 Å². The van der Waals surface area contributed by atoms with Crippen molar-refractivity contribution >= 4 is 11.6 Å². The molecule has 1 aromatic heterocycles. The van der Waals surface area contributed by atoms with Crippen LogP contribution in [0.25, 0.3) is 0 Å². The maximum absolute atomic E-state index is 11.6. The third-order valence-electron chi connectivity index (χ3n) is 2.69. The summed E-state index contributed by atoms with van der Waals surface area (Å²) >= 11 is 0. The molecule has 0 unspecified atom stereocenters. The Morgan fingerprint density at radius 3 is 3.00 bits per heavy atom. The number of rotatable bonds is 1. The maximum Gasteiger partial charge on any atom is 0.241 e. The maximum atomic E-state index is 11.6. The minimum atomic E-state index is 0.0685. The predicted octanol–water partition coefficient (Wildman–Crippen LogP) is 0.232. The Hall–Kier alpha value is -2.09. The monoisotopic (exact) mass is 216 g/mol. The Labute approximate surface area is 93.9 Å². The van der Waals surface area contributed by atoms with E-state index in [1.165, 1.54) is 0 Å². The molecule has 2 rings (SSSR count). The Bertz CT molecular complexity index is 452. The highest BCUT2D eigenvalue weighted by atomic mass is 16.2. The molecule has 16 heavy (non-hydrogen) atoms. The standard InChI is InChI=1S/C11H12N4O/c1-14-5-6-15(8-11(14)16)10-3-2-4-13-9(10)7-12/h2-4H,5-6,8H2,1H3. The quantitative estimate of drug-likeness (QED) is 0.674. The third kappa shape index (κ3) is 1.82. The van der Waals surface area contributed by atoms with E-state index < -0.39 is 0 Å². The average Bonchev–Trinajstić information content (AvgIpc) is 2.32. The van der Waals surface area contributed by atoms with E-state index >= 15 is 0 Å². The molecule has 1 saturated heterocycles. The molecule has 2 heterocycles. The zero-order valence-corrected chi connectivity index (χ0v) is 9.05. The number of anilines is 1. The second-order valence-electron chi connectivity index (χ2n) is 3.72. The van der Waals surface area contributed by atoms with Gasteiger partial charge in [0.15, 0.2) is 5.69 Å². The predicted molar refractivity (Wildman–Crippen MR) is 58.8 cm³/mol. The Kier molecular flexibility index (Phi) is 2.73. The van der Waals surface area contributed by atoms with Crippen LogP contribution in [0.5, 0.6) is 0 Å². The van der Waals surface area contributed by atoms with Crippen molar-refractivity contribution in [2.45, 2.75) is 0 Å². The van der Waals surface area contributed by atoms with Gasteiger partial charge >= 0.3 is 0 Å². The molecule has 5 heteroatoms. The number of likely N-dealkylation sites (N-methyl/N-ethyl adjacent to an activating group) is 1. The SMILES string of the molecule is CN1CCN(c2cccnc2C#N)CC1=O. The molecule has 0 radical (unpaired) electrons. The normalized spacial score (nSPS) is 16.1. The molecular weight excluding hydrogens is 204 g/mol. The first-order chi connectivity index (χ1) is 7.72. The zero-order chi connectivity index (χ0) is 11.5. The molecule has 1 amide bonds. The van der Waals surface area contributed by atoms with E-state index in [1.54, 1.807) is 24.2 Å². The highest BCUT2D eigenvalue weighted by Gasteiger charge is 2.22. The highest BCUT2D eigenvalue weighted by molar-refractivity contribution is 5.83. The molecule has 0 N–H and O–H groups in total. The molecule has 1 aromatic rings. The second kappa shape index (κ2) is 4.19. The first-order valence-electron chi connectivity index (χ1n) is 5.06. The first kappa shape index (κ1) is 10.4. The number of amides is 1. The van der Waals surface area contributed by atoms with Gasteiger partial charge in [0, 0.05) is 26.3 Å². The molecule has 0 bridgehead atoms. The van der Waals surface area contributed by atoms with E-state index in [4.69, 9.17) is 5.26 Å². The first-order valence-corrected chi connectivity index (χ1v) is 5.06. The number of piperazine rings is 1. The van der Waals surface area contributed by atoms with Gasteiger partial charge in [0.1, 0.15) is 6.07 Å². The number of aromatic nitrogens is 1. The van der Waals surface area contributed by atoms with Crippen molar-refractivity contribution in [1.82, 2.24) is 9.88 Å². The lowest BCUT2D eigenvalue weighted by molar-refractivity contribution is -0.129. The van der Waals surface area contributed by atoms with Crippen molar-refractivity contribution in [3.8, 4) is 6.07 Å². The van der Waals surface area contributed by atoms with Gasteiger partial charge in [0.25, 0.3) is 0 Å². The van der Waals surface area contributed by atoms with E-state index in [-0.39, 0.29) is 5.91 Å². The van der Waals surface area contributed by atoms with Gasteiger partial charge < -0.3 is 9.80 Å². The molecule has 0 aliphatic carbocycles. The van der Waals surface area contributed by atoms with E-state index in [0.29, 0.717) is 18.8 Å². The van der Waals surface area contributed by atoms with Crippen LogP contribution in [-0.4, -0.2) is 42.5 Å². The number of nitriles is 1. The molecule has 5 nitrogen and oxygen atoms in total. The Balaban J connectivity index is 2.25. The number of hydrogen-bond acceptors (Lipinski definition) is 4. The molecule has 82 valence electrons. The summed E-state index contributed by atoms with van der Waals surface area (Å²) in [5, 5.41) is 8.93. The lowest BCUT2D eigenvalue weighted by atomic mass is 10.2. The fourth-order valence-corrected chi connectivity index (χ4v) is 1.70. The summed E-state index contributed by atoms with van der Waals surface area (Å²) in [5.74, 6) is 0.0685. The van der Waals surface area contributed by atoms with Crippen LogP contribution < -0.4 is 4.90 Å². The lowest BCUT2D eigenvalue weighted by Crippen LogP contribution is -2.48. The summed E-state index contributed by atoms with van der Waals surface area (Å²) in [6.45, 7) is 1.73. The van der Waals surface area contributed by atoms with E-state index in [0.717, 1.165) is 12.2 Å². The van der Waals surface area contributed by atoms with Gasteiger partial charge in [0.05, 0.1) is 12.2 Å². The molecule has 1 aliphatic rings. The Morgan fingerprint density at radius 1 is 1.50 bits per heavy atom. The van der Waals surface area contributed by atoms with E-state index in [2.05, 4.69) is 4.98 Å². The number of carbonyl (C=O) groups is 1. The van der Waals surface area contributed by atoms with Gasteiger partial charge in [-0.1, -0.05) is 0 Å². The Morgan fingerprint density at radius 2 is 2.31 bits per heavy atom. The summed E-state index contributed by atoms with van der Waals surface area (Å²) in [5.41, 5.74) is 1.12. The van der Waals surface area contributed by atoms with Crippen LogP contribution >= 0.6 is 0 Å². The van der Waals surface area contributed by atoms with Gasteiger partial charge in [-0.2, -0.15) is 5.26 Å². The topological polar surface area (TPSA) is 60.2 Å². The van der Waals surface area contributed by atoms with Gasteiger partial charge in [-0.15, -0.1) is 0 Å². The largest absolute Gasteiger partial charge is 0.358 e. The number of hydrogen-bond donors (Lipinski definition) is 0.